The summed E-state index contributed by atoms with van der Waals surface area (Å²) in [6.07, 6.45) is 0.0493. The van der Waals surface area contributed by atoms with Crippen molar-refractivity contribution < 1.29 is 9.84 Å². The first kappa shape index (κ1) is 12.5. The van der Waals surface area contributed by atoms with Gasteiger partial charge in [-0.15, -0.1) is 0 Å². The number of benzene rings is 1. The number of hydrogen-bond donors (Lipinski definition) is 1. The zero-order chi connectivity index (χ0) is 12.1. The Morgan fingerprint density at radius 2 is 2.06 bits per heavy atom. The summed E-state index contributed by atoms with van der Waals surface area (Å²) in [4.78, 5) is 0. The molecule has 1 atom stereocenters. The van der Waals surface area contributed by atoms with Gasteiger partial charge in [0.15, 0.2) is 0 Å². The van der Waals surface area contributed by atoms with Crippen molar-refractivity contribution in [2.45, 2.75) is 32.8 Å². The first-order valence-electron chi connectivity index (χ1n) is 5.40. The molecule has 0 aliphatic carbocycles. The third-order valence-electron chi connectivity index (χ3n) is 2.33. The number of nitrogens with zero attached hydrogens (tertiary/aromatic N) is 1. The zero-order valence-corrected chi connectivity index (χ0v) is 9.90. The molecule has 0 saturated heterocycles. The van der Waals surface area contributed by atoms with Gasteiger partial charge in [-0.1, -0.05) is 13.0 Å². The van der Waals surface area contributed by atoms with Gasteiger partial charge < -0.3 is 9.84 Å². The van der Waals surface area contributed by atoms with E-state index in [-0.39, 0.29) is 18.6 Å². The molecule has 0 aliphatic rings. The lowest BCUT2D eigenvalue weighted by Gasteiger charge is -2.14. The molecule has 86 valence electrons. The molecule has 0 heterocycles. The molecule has 1 unspecified atom stereocenters. The SMILES string of the molecule is CC(C)Oc1ccc(C(C)CO)cc1C#N. The topological polar surface area (TPSA) is 53.2 Å². The van der Waals surface area contributed by atoms with E-state index in [4.69, 9.17) is 15.1 Å². The molecule has 0 aromatic heterocycles. The number of ether oxygens (including phenoxy) is 1. The fourth-order valence-corrected chi connectivity index (χ4v) is 1.40. The van der Waals surface area contributed by atoms with Crippen LogP contribution in [-0.2, 0) is 0 Å². The highest BCUT2D eigenvalue weighted by Crippen LogP contribution is 2.24. The molecule has 0 spiro atoms. The van der Waals surface area contributed by atoms with Crippen LogP contribution >= 0.6 is 0 Å². The summed E-state index contributed by atoms with van der Waals surface area (Å²) in [7, 11) is 0. The number of nitriles is 1. The lowest BCUT2D eigenvalue weighted by molar-refractivity contribution is 0.241. The fraction of sp³-hybridized carbons (Fsp3) is 0.462. The molecule has 1 aromatic rings. The molecule has 0 aliphatic heterocycles. The molecular formula is C13H17NO2. The molecule has 1 N–H and O–H groups in total. The molecule has 0 bridgehead atoms. The Hall–Kier alpha value is -1.53. The third-order valence-corrected chi connectivity index (χ3v) is 2.33. The molecule has 0 saturated carbocycles. The maximum Gasteiger partial charge on any atom is 0.137 e. The average molecular weight is 219 g/mol. The van der Waals surface area contributed by atoms with Crippen LogP contribution in [0.4, 0.5) is 0 Å². The van der Waals surface area contributed by atoms with Crippen LogP contribution in [0.3, 0.4) is 0 Å². The first-order chi connectivity index (χ1) is 7.58. The van der Waals surface area contributed by atoms with Gasteiger partial charge in [0, 0.05) is 12.5 Å². The second-order valence-electron chi connectivity index (χ2n) is 4.12. The highest BCUT2D eigenvalue weighted by Gasteiger charge is 2.10. The van der Waals surface area contributed by atoms with Crippen molar-refractivity contribution in [3.8, 4) is 11.8 Å². The van der Waals surface area contributed by atoms with Crippen LogP contribution in [0.2, 0.25) is 0 Å². The van der Waals surface area contributed by atoms with Crippen molar-refractivity contribution >= 4 is 0 Å². The second-order valence-corrected chi connectivity index (χ2v) is 4.12. The van der Waals surface area contributed by atoms with E-state index in [0.29, 0.717) is 11.3 Å². The molecule has 3 nitrogen and oxygen atoms in total. The van der Waals surface area contributed by atoms with Gasteiger partial charge in [-0.3, -0.25) is 0 Å². The molecular weight excluding hydrogens is 202 g/mol. The van der Waals surface area contributed by atoms with Crippen molar-refractivity contribution in [3.05, 3.63) is 29.3 Å². The van der Waals surface area contributed by atoms with Gasteiger partial charge in [0.1, 0.15) is 11.8 Å². The Kier molecular flexibility index (Phi) is 4.33. The van der Waals surface area contributed by atoms with Gasteiger partial charge in [0.2, 0.25) is 0 Å². The van der Waals surface area contributed by atoms with Crippen LogP contribution in [-0.4, -0.2) is 17.8 Å². The number of hydrogen-bond acceptors (Lipinski definition) is 3. The predicted octanol–water partition coefficient (Wildman–Crippen LogP) is 2.44. The van der Waals surface area contributed by atoms with Crippen LogP contribution in [0.5, 0.6) is 5.75 Å². The van der Waals surface area contributed by atoms with Gasteiger partial charge in [-0.05, 0) is 31.5 Å². The minimum atomic E-state index is 0.0419. The minimum Gasteiger partial charge on any atom is -0.490 e. The van der Waals surface area contributed by atoms with E-state index in [1.54, 1.807) is 12.1 Å². The molecule has 16 heavy (non-hydrogen) atoms. The molecule has 0 radical (unpaired) electrons. The van der Waals surface area contributed by atoms with Crippen molar-refractivity contribution in [3.63, 3.8) is 0 Å². The van der Waals surface area contributed by atoms with Crippen molar-refractivity contribution in [2.75, 3.05) is 6.61 Å². The van der Waals surface area contributed by atoms with E-state index in [2.05, 4.69) is 6.07 Å². The van der Waals surface area contributed by atoms with Gasteiger partial charge in [0.25, 0.3) is 0 Å². The smallest absolute Gasteiger partial charge is 0.137 e. The summed E-state index contributed by atoms with van der Waals surface area (Å²) < 4.78 is 5.52. The van der Waals surface area contributed by atoms with E-state index in [1.165, 1.54) is 0 Å². The standard InChI is InChI=1S/C13H17NO2/c1-9(2)16-13-5-4-11(10(3)8-15)6-12(13)7-14/h4-6,9-10,15H,8H2,1-3H3. The normalized spacial score (nSPS) is 12.2. The Morgan fingerprint density at radius 3 is 2.56 bits per heavy atom. The van der Waals surface area contributed by atoms with Crippen LogP contribution in [0.15, 0.2) is 18.2 Å². The lowest BCUT2D eigenvalue weighted by atomic mass is 10.00. The summed E-state index contributed by atoms with van der Waals surface area (Å²) in [5.74, 6) is 0.645. The highest BCUT2D eigenvalue weighted by molar-refractivity contribution is 5.46. The Morgan fingerprint density at radius 1 is 1.38 bits per heavy atom. The predicted molar refractivity (Wildman–Crippen MR) is 62.4 cm³/mol. The summed E-state index contributed by atoms with van der Waals surface area (Å²) in [6, 6.07) is 7.57. The van der Waals surface area contributed by atoms with Crippen LogP contribution in [0.1, 0.15) is 37.8 Å². The molecule has 3 heteroatoms. The summed E-state index contributed by atoms with van der Waals surface area (Å²) in [5.41, 5.74) is 1.47. The first-order valence-corrected chi connectivity index (χ1v) is 5.40. The number of aliphatic hydroxyl groups is 1. The van der Waals surface area contributed by atoms with E-state index < -0.39 is 0 Å². The average Bonchev–Trinajstić information content (AvgIpc) is 2.27. The van der Waals surface area contributed by atoms with Crippen LogP contribution in [0.25, 0.3) is 0 Å². The number of rotatable bonds is 4. The Bertz CT molecular complexity index is 393. The molecule has 0 amide bonds. The second kappa shape index (κ2) is 5.53. The summed E-state index contributed by atoms with van der Waals surface area (Å²) in [5, 5.41) is 18.1. The fourth-order valence-electron chi connectivity index (χ4n) is 1.40. The van der Waals surface area contributed by atoms with Crippen molar-refractivity contribution in [1.29, 1.82) is 5.26 Å². The van der Waals surface area contributed by atoms with Gasteiger partial charge in [0.05, 0.1) is 11.7 Å². The highest BCUT2D eigenvalue weighted by atomic mass is 16.5. The quantitative estimate of drug-likeness (QED) is 0.846. The van der Waals surface area contributed by atoms with Crippen LogP contribution < -0.4 is 4.74 Å². The largest absolute Gasteiger partial charge is 0.490 e. The monoisotopic (exact) mass is 219 g/mol. The number of aliphatic hydroxyl groups excluding tert-OH is 1. The zero-order valence-electron chi connectivity index (χ0n) is 9.90. The van der Waals surface area contributed by atoms with Gasteiger partial charge in [-0.25, -0.2) is 0 Å². The Labute approximate surface area is 96.3 Å². The van der Waals surface area contributed by atoms with E-state index >= 15 is 0 Å². The van der Waals surface area contributed by atoms with E-state index in [0.717, 1.165) is 5.56 Å². The van der Waals surface area contributed by atoms with Crippen LogP contribution in [0, 0.1) is 11.3 Å². The molecule has 0 fully saturated rings. The van der Waals surface area contributed by atoms with E-state index in [1.807, 2.05) is 26.8 Å². The lowest BCUT2D eigenvalue weighted by Crippen LogP contribution is -2.07. The summed E-state index contributed by atoms with van der Waals surface area (Å²) in [6.45, 7) is 5.84. The maximum absolute atomic E-state index is 9.05. The van der Waals surface area contributed by atoms with Crippen molar-refractivity contribution in [2.24, 2.45) is 0 Å². The minimum absolute atomic E-state index is 0.0419. The third kappa shape index (κ3) is 2.98. The van der Waals surface area contributed by atoms with Crippen molar-refractivity contribution in [1.82, 2.24) is 0 Å². The molecule has 1 aromatic carbocycles. The van der Waals surface area contributed by atoms with Gasteiger partial charge in [-0.2, -0.15) is 5.26 Å². The van der Waals surface area contributed by atoms with E-state index in [9.17, 15) is 0 Å². The summed E-state index contributed by atoms with van der Waals surface area (Å²) >= 11 is 0. The maximum atomic E-state index is 9.05. The van der Waals surface area contributed by atoms with Gasteiger partial charge >= 0.3 is 0 Å². The Balaban J connectivity index is 3.03. The molecule has 1 rings (SSSR count).